The highest BCUT2D eigenvalue weighted by Crippen LogP contribution is 2.37. The minimum atomic E-state index is -0.994. The van der Waals surface area contributed by atoms with Crippen LogP contribution >= 0.6 is 0 Å². The molecule has 0 saturated heterocycles. The summed E-state index contributed by atoms with van der Waals surface area (Å²) in [5.41, 5.74) is 1.70. The molecular weight excluding hydrogens is 403 g/mol. The molecule has 160 valence electrons. The van der Waals surface area contributed by atoms with E-state index in [0.29, 0.717) is 34.8 Å². The van der Waals surface area contributed by atoms with Crippen LogP contribution in [0.2, 0.25) is 0 Å². The second kappa shape index (κ2) is 8.76. The van der Waals surface area contributed by atoms with E-state index in [2.05, 4.69) is 0 Å². The van der Waals surface area contributed by atoms with Crippen LogP contribution in [0.5, 0.6) is 11.6 Å². The van der Waals surface area contributed by atoms with Crippen LogP contribution in [0.4, 0.5) is 13.2 Å². The number of ether oxygens (including phenoxy) is 2. The summed E-state index contributed by atoms with van der Waals surface area (Å²) in [7, 11) is 0. The van der Waals surface area contributed by atoms with Crippen LogP contribution < -0.4 is 9.47 Å². The van der Waals surface area contributed by atoms with Crippen molar-refractivity contribution in [3.05, 3.63) is 89.7 Å². The summed E-state index contributed by atoms with van der Waals surface area (Å²) in [5, 5.41) is 0.612. The molecule has 4 aromatic rings. The van der Waals surface area contributed by atoms with Crippen molar-refractivity contribution < 1.29 is 22.6 Å². The highest BCUT2D eigenvalue weighted by atomic mass is 19.2. The maximum atomic E-state index is 14.5. The van der Waals surface area contributed by atoms with Gasteiger partial charge in [-0.1, -0.05) is 44.2 Å². The van der Waals surface area contributed by atoms with Gasteiger partial charge in [0.25, 0.3) is 0 Å². The molecule has 1 heterocycles. The quantitative estimate of drug-likeness (QED) is 0.330. The van der Waals surface area contributed by atoms with Crippen molar-refractivity contribution in [3.63, 3.8) is 0 Å². The molecule has 0 atom stereocenters. The molecule has 0 spiro atoms. The normalized spacial score (nSPS) is 11.3. The lowest BCUT2D eigenvalue weighted by molar-refractivity contribution is 0.258. The second-order valence-electron chi connectivity index (χ2n) is 7.73. The fourth-order valence-corrected chi connectivity index (χ4v) is 3.32. The van der Waals surface area contributed by atoms with Gasteiger partial charge in [-0.3, -0.25) is 4.57 Å². The van der Waals surface area contributed by atoms with Crippen LogP contribution in [0.1, 0.15) is 19.4 Å². The molecule has 4 rings (SSSR count). The molecule has 1 aromatic heterocycles. The molecule has 3 nitrogen and oxygen atoms in total. The zero-order chi connectivity index (χ0) is 22.0. The molecule has 0 bridgehead atoms. The van der Waals surface area contributed by atoms with Crippen molar-refractivity contribution in [2.24, 2.45) is 5.92 Å². The van der Waals surface area contributed by atoms with Crippen molar-refractivity contribution in [2.75, 3.05) is 6.61 Å². The highest BCUT2D eigenvalue weighted by Gasteiger charge is 2.18. The molecule has 31 heavy (non-hydrogen) atoms. The Hall–Kier alpha value is -3.41. The predicted molar refractivity (Wildman–Crippen MR) is 114 cm³/mol. The van der Waals surface area contributed by atoms with E-state index in [9.17, 15) is 13.2 Å². The van der Waals surface area contributed by atoms with Crippen LogP contribution in [0, 0.1) is 23.4 Å². The summed E-state index contributed by atoms with van der Waals surface area (Å²) < 4.78 is 55.4. The monoisotopic (exact) mass is 425 g/mol. The number of aromatic nitrogens is 1. The van der Waals surface area contributed by atoms with Crippen LogP contribution in [-0.2, 0) is 6.61 Å². The van der Waals surface area contributed by atoms with Crippen LogP contribution in [-0.4, -0.2) is 11.2 Å². The number of hydrogen-bond acceptors (Lipinski definition) is 2. The Labute approximate surface area is 178 Å². The number of rotatable bonds is 7. The average molecular weight is 425 g/mol. The second-order valence-corrected chi connectivity index (χ2v) is 7.73. The Morgan fingerprint density at radius 2 is 1.61 bits per heavy atom. The number of halogens is 3. The molecule has 0 saturated carbocycles. The number of hydrogen-bond donors (Lipinski definition) is 0. The van der Waals surface area contributed by atoms with E-state index in [-0.39, 0.29) is 12.5 Å². The Morgan fingerprint density at radius 1 is 0.839 bits per heavy atom. The highest BCUT2D eigenvalue weighted by molar-refractivity contribution is 5.90. The van der Waals surface area contributed by atoms with E-state index in [4.69, 9.17) is 9.47 Å². The predicted octanol–water partition coefficient (Wildman–Crippen LogP) is 6.66. The Balaban J connectivity index is 1.82. The van der Waals surface area contributed by atoms with Crippen molar-refractivity contribution >= 4 is 10.9 Å². The lowest BCUT2D eigenvalue weighted by Crippen LogP contribution is -2.08. The summed E-state index contributed by atoms with van der Waals surface area (Å²) in [4.78, 5) is 0. The van der Waals surface area contributed by atoms with Crippen molar-refractivity contribution in [3.8, 4) is 17.3 Å². The van der Waals surface area contributed by atoms with Crippen molar-refractivity contribution in [2.45, 2.75) is 20.5 Å². The van der Waals surface area contributed by atoms with Gasteiger partial charge in [0.15, 0.2) is 17.5 Å². The van der Waals surface area contributed by atoms with E-state index in [1.54, 1.807) is 10.6 Å². The summed E-state index contributed by atoms with van der Waals surface area (Å²) in [6.07, 6.45) is 0. The van der Waals surface area contributed by atoms with Gasteiger partial charge in [-0.15, -0.1) is 0 Å². The zero-order valence-electron chi connectivity index (χ0n) is 17.2. The molecule has 0 amide bonds. The van der Waals surface area contributed by atoms with Gasteiger partial charge in [-0.2, -0.15) is 0 Å². The van der Waals surface area contributed by atoms with Gasteiger partial charge in [-0.05, 0) is 29.7 Å². The molecule has 0 aliphatic carbocycles. The lowest BCUT2D eigenvalue weighted by atomic mass is 10.2. The first-order valence-electron chi connectivity index (χ1n) is 10.0. The molecule has 0 fully saturated rings. The first-order chi connectivity index (χ1) is 14.9. The van der Waals surface area contributed by atoms with Gasteiger partial charge < -0.3 is 9.47 Å². The van der Waals surface area contributed by atoms with E-state index >= 15 is 0 Å². The molecule has 0 unspecified atom stereocenters. The number of nitrogens with zero attached hydrogens (tertiary/aromatic N) is 1. The van der Waals surface area contributed by atoms with E-state index in [0.717, 1.165) is 17.7 Å². The third-order valence-electron chi connectivity index (χ3n) is 4.78. The zero-order valence-corrected chi connectivity index (χ0v) is 17.2. The SMILES string of the molecule is CC(C)COc1cc2c(OCc3ccccc3)cc(F)cc2n1-c1ccc(F)c(F)c1. The van der Waals surface area contributed by atoms with Crippen LogP contribution in [0.3, 0.4) is 0 Å². The number of benzene rings is 3. The molecule has 0 aliphatic heterocycles. The van der Waals surface area contributed by atoms with E-state index in [1.165, 1.54) is 18.2 Å². The largest absolute Gasteiger partial charge is 0.488 e. The van der Waals surface area contributed by atoms with Crippen molar-refractivity contribution in [1.82, 2.24) is 4.57 Å². The van der Waals surface area contributed by atoms with Gasteiger partial charge in [0.05, 0.1) is 17.8 Å². The first-order valence-corrected chi connectivity index (χ1v) is 10.0. The van der Waals surface area contributed by atoms with E-state index < -0.39 is 17.5 Å². The average Bonchev–Trinajstić information content (AvgIpc) is 3.11. The topological polar surface area (TPSA) is 23.4 Å². The molecule has 0 radical (unpaired) electrons. The van der Waals surface area contributed by atoms with Crippen molar-refractivity contribution in [1.29, 1.82) is 0 Å². The van der Waals surface area contributed by atoms with Gasteiger partial charge in [0, 0.05) is 23.6 Å². The Bertz CT molecular complexity index is 1200. The third-order valence-corrected chi connectivity index (χ3v) is 4.78. The van der Waals surface area contributed by atoms with Crippen LogP contribution in [0.15, 0.2) is 66.7 Å². The summed E-state index contributed by atoms with van der Waals surface area (Å²) in [5.74, 6) is -1.48. The minimum absolute atomic E-state index is 0.238. The molecule has 0 N–H and O–H groups in total. The molecule has 0 aliphatic rings. The maximum absolute atomic E-state index is 14.5. The first kappa shape index (κ1) is 20.8. The van der Waals surface area contributed by atoms with Gasteiger partial charge >= 0.3 is 0 Å². The van der Waals surface area contributed by atoms with E-state index in [1.807, 2.05) is 44.2 Å². The maximum Gasteiger partial charge on any atom is 0.199 e. The molecular formula is C25H22F3NO2. The summed E-state index contributed by atoms with van der Waals surface area (Å²) in [6.45, 7) is 4.66. The minimum Gasteiger partial charge on any atom is -0.488 e. The Kier molecular flexibility index (Phi) is 5.89. The standard InChI is InChI=1S/C25H22F3NO2/c1-16(2)14-31-25-13-20-23(29(25)19-8-9-21(27)22(28)12-19)10-18(26)11-24(20)30-15-17-6-4-3-5-7-17/h3-13,16H,14-15H2,1-2H3. The van der Waals surface area contributed by atoms with Gasteiger partial charge in [-0.25, -0.2) is 13.2 Å². The fraction of sp³-hybridized carbons (Fsp3) is 0.200. The van der Waals surface area contributed by atoms with Crippen LogP contribution in [0.25, 0.3) is 16.6 Å². The number of fused-ring (bicyclic) bond motifs is 1. The smallest absolute Gasteiger partial charge is 0.199 e. The lowest BCUT2D eigenvalue weighted by Gasteiger charge is -2.14. The molecule has 3 aromatic carbocycles. The fourth-order valence-electron chi connectivity index (χ4n) is 3.32. The summed E-state index contributed by atoms with van der Waals surface area (Å²) >= 11 is 0. The van der Waals surface area contributed by atoms with Gasteiger partial charge in [0.1, 0.15) is 18.2 Å². The molecule has 6 heteroatoms. The van der Waals surface area contributed by atoms with Gasteiger partial charge in [0.2, 0.25) is 0 Å². The summed E-state index contributed by atoms with van der Waals surface area (Å²) in [6, 6.07) is 17.4. The third kappa shape index (κ3) is 4.53. The Morgan fingerprint density at radius 3 is 2.32 bits per heavy atom.